The highest BCUT2D eigenvalue weighted by molar-refractivity contribution is 6.30. The van der Waals surface area contributed by atoms with Crippen molar-refractivity contribution in [1.29, 1.82) is 0 Å². The van der Waals surface area contributed by atoms with Gasteiger partial charge in [0.15, 0.2) is 0 Å². The Bertz CT molecular complexity index is 538. The molecule has 0 amide bonds. The minimum Gasteiger partial charge on any atom is -0.432 e. The van der Waals surface area contributed by atoms with E-state index in [9.17, 15) is 0 Å². The van der Waals surface area contributed by atoms with Gasteiger partial charge < -0.3 is 14.6 Å². The highest BCUT2D eigenvalue weighted by Gasteiger charge is 2.16. The Labute approximate surface area is 124 Å². The molecule has 2 rings (SSSR count). The zero-order valence-corrected chi connectivity index (χ0v) is 12.8. The lowest BCUT2D eigenvalue weighted by Gasteiger charge is -2.23. The molecule has 0 aliphatic heterocycles. The molecule has 0 aliphatic rings. The molecule has 1 N–H and O–H groups in total. The van der Waals surface area contributed by atoms with E-state index in [2.05, 4.69) is 24.1 Å². The fourth-order valence-electron chi connectivity index (χ4n) is 1.92. The van der Waals surface area contributed by atoms with Crippen LogP contribution < -0.4 is 10.2 Å². The van der Waals surface area contributed by atoms with Crippen LogP contribution in [0.1, 0.15) is 31.1 Å². The average Bonchev–Trinajstić information content (AvgIpc) is 2.93. The molecule has 0 saturated carbocycles. The lowest BCUT2D eigenvalue weighted by atomic mass is 10.1. The van der Waals surface area contributed by atoms with Gasteiger partial charge in [0, 0.05) is 18.6 Å². The standard InChI is InChI=1S/C15H20ClN3O/c1-4-17-9-14-10-20-15(18-14)19(3)11(2)12-5-7-13(16)8-6-12/h5-8,10-11,17H,4,9H2,1-3H3. The van der Waals surface area contributed by atoms with Crippen molar-refractivity contribution < 1.29 is 4.42 Å². The highest BCUT2D eigenvalue weighted by atomic mass is 35.5. The number of rotatable bonds is 6. The normalized spacial score (nSPS) is 12.4. The maximum Gasteiger partial charge on any atom is 0.297 e. The number of aromatic nitrogens is 1. The molecule has 2 aromatic rings. The summed E-state index contributed by atoms with van der Waals surface area (Å²) in [6, 6.07) is 8.62. The van der Waals surface area contributed by atoms with Gasteiger partial charge in [0.1, 0.15) is 6.26 Å². The van der Waals surface area contributed by atoms with E-state index < -0.39 is 0 Å². The Kier molecular flexibility index (Phi) is 5.04. The van der Waals surface area contributed by atoms with Gasteiger partial charge in [-0.05, 0) is 31.2 Å². The molecule has 0 spiro atoms. The number of nitrogens with one attached hydrogen (secondary N) is 1. The largest absolute Gasteiger partial charge is 0.432 e. The van der Waals surface area contributed by atoms with E-state index >= 15 is 0 Å². The first kappa shape index (κ1) is 14.9. The van der Waals surface area contributed by atoms with Crippen molar-refractivity contribution >= 4 is 17.6 Å². The van der Waals surface area contributed by atoms with Gasteiger partial charge in [-0.2, -0.15) is 4.98 Å². The van der Waals surface area contributed by atoms with Gasteiger partial charge in [-0.25, -0.2) is 0 Å². The summed E-state index contributed by atoms with van der Waals surface area (Å²) in [6.07, 6.45) is 1.70. The van der Waals surface area contributed by atoms with Crippen molar-refractivity contribution in [2.75, 3.05) is 18.5 Å². The molecule has 0 saturated heterocycles. The summed E-state index contributed by atoms with van der Waals surface area (Å²) in [7, 11) is 1.97. The number of hydrogen-bond acceptors (Lipinski definition) is 4. The van der Waals surface area contributed by atoms with Gasteiger partial charge in [-0.3, -0.25) is 0 Å². The Morgan fingerprint density at radius 1 is 1.35 bits per heavy atom. The van der Waals surface area contributed by atoms with E-state index in [1.807, 2.05) is 36.2 Å². The van der Waals surface area contributed by atoms with Crippen molar-refractivity contribution in [3.05, 3.63) is 46.8 Å². The van der Waals surface area contributed by atoms with Crippen molar-refractivity contribution in [2.24, 2.45) is 0 Å². The average molecular weight is 294 g/mol. The minimum absolute atomic E-state index is 0.165. The Hall–Kier alpha value is -1.52. The van der Waals surface area contributed by atoms with Crippen molar-refractivity contribution in [3.63, 3.8) is 0 Å². The molecule has 1 heterocycles. The van der Waals surface area contributed by atoms with E-state index in [-0.39, 0.29) is 6.04 Å². The van der Waals surface area contributed by atoms with E-state index in [1.165, 1.54) is 5.56 Å². The number of hydrogen-bond donors (Lipinski definition) is 1. The number of anilines is 1. The second kappa shape index (κ2) is 6.77. The smallest absolute Gasteiger partial charge is 0.297 e. The fraction of sp³-hybridized carbons (Fsp3) is 0.400. The molecular formula is C15H20ClN3O. The van der Waals surface area contributed by atoms with Crippen LogP contribution in [0.3, 0.4) is 0 Å². The molecular weight excluding hydrogens is 274 g/mol. The van der Waals surface area contributed by atoms with Gasteiger partial charge in [-0.1, -0.05) is 30.7 Å². The van der Waals surface area contributed by atoms with E-state index in [4.69, 9.17) is 16.0 Å². The molecule has 0 aliphatic carbocycles. The predicted molar refractivity (Wildman–Crippen MR) is 82.2 cm³/mol. The Morgan fingerprint density at radius 2 is 2.05 bits per heavy atom. The molecule has 4 nitrogen and oxygen atoms in total. The third-order valence-corrected chi connectivity index (χ3v) is 3.58. The molecule has 0 fully saturated rings. The third kappa shape index (κ3) is 3.52. The first-order chi connectivity index (χ1) is 9.61. The Morgan fingerprint density at radius 3 is 2.70 bits per heavy atom. The van der Waals surface area contributed by atoms with Crippen LogP contribution in [0, 0.1) is 0 Å². The molecule has 108 valence electrons. The molecule has 1 aromatic heterocycles. The number of oxazole rings is 1. The summed E-state index contributed by atoms with van der Waals surface area (Å²) in [5.74, 6) is 0. The predicted octanol–water partition coefficient (Wildman–Crippen LogP) is 3.63. The molecule has 1 unspecified atom stereocenters. The summed E-state index contributed by atoms with van der Waals surface area (Å²) < 4.78 is 5.54. The van der Waals surface area contributed by atoms with Crippen LogP contribution in [-0.4, -0.2) is 18.6 Å². The highest BCUT2D eigenvalue weighted by Crippen LogP contribution is 2.25. The lowest BCUT2D eigenvalue weighted by Crippen LogP contribution is -2.22. The first-order valence-electron chi connectivity index (χ1n) is 6.75. The second-order valence-corrected chi connectivity index (χ2v) is 5.18. The quantitative estimate of drug-likeness (QED) is 0.883. The molecule has 0 radical (unpaired) electrons. The second-order valence-electron chi connectivity index (χ2n) is 4.74. The zero-order chi connectivity index (χ0) is 14.5. The van der Waals surface area contributed by atoms with Crippen LogP contribution in [-0.2, 0) is 6.54 Å². The monoisotopic (exact) mass is 293 g/mol. The summed E-state index contributed by atoms with van der Waals surface area (Å²) in [4.78, 5) is 6.50. The van der Waals surface area contributed by atoms with Crippen LogP contribution in [0.5, 0.6) is 0 Å². The van der Waals surface area contributed by atoms with Gasteiger partial charge in [0.25, 0.3) is 6.01 Å². The molecule has 0 bridgehead atoms. The maximum atomic E-state index is 5.91. The SMILES string of the molecule is CCNCc1coc(N(C)C(C)c2ccc(Cl)cc2)n1. The van der Waals surface area contributed by atoms with Crippen LogP contribution >= 0.6 is 11.6 Å². The van der Waals surface area contributed by atoms with Crippen molar-refractivity contribution in [2.45, 2.75) is 26.4 Å². The van der Waals surface area contributed by atoms with Crippen molar-refractivity contribution in [1.82, 2.24) is 10.3 Å². The van der Waals surface area contributed by atoms with Gasteiger partial charge >= 0.3 is 0 Å². The van der Waals surface area contributed by atoms with E-state index in [0.29, 0.717) is 6.01 Å². The topological polar surface area (TPSA) is 41.3 Å². The molecule has 1 atom stereocenters. The maximum absolute atomic E-state index is 5.91. The Balaban J connectivity index is 2.07. The number of nitrogens with zero attached hydrogens (tertiary/aromatic N) is 2. The number of halogens is 1. The van der Waals surface area contributed by atoms with Crippen LogP contribution in [0.4, 0.5) is 6.01 Å². The van der Waals surface area contributed by atoms with Crippen LogP contribution in [0.2, 0.25) is 5.02 Å². The summed E-state index contributed by atoms with van der Waals surface area (Å²) in [5, 5.41) is 3.97. The first-order valence-corrected chi connectivity index (χ1v) is 7.13. The lowest BCUT2D eigenvalue weighted by molar-refractivity contribution is 0.525. The number of benzene rings is 1. The van der Waals surface area contributed by atoms with E-state index in [0.717, 1.165) is 23.8 Å². The van der Waals surface area contributed by atoms with Crippen molar-refractivity contribution in [3.8, 4) is 0 Å². The van der Waals surface area contributed by atoms with Gasteiger partial charge in [-0.15, -0.1) is 0 Å². The van der Waals surface area contributed by atoms with Gasteiger partial charge in [0.05, 0.1) is 11.7 Å². The summed E-state index contributed by atoms with van der Waals surface area (Å²) in [6.45, 7) is 5.81. The molecule has 20 heavy (non-hydrogen) atoms. The van der Waals surface area contributed by atoms with Gasteiger partial charge in [0.2, 0.25) is 0 Å². The third-order valence-electron chi connectivity index (χ3n) is 3.33. The zero-order valence-electron chi connectivity index (χ0n) is 12.1. The molecule has 5 heteroatoms. The van der Waals surface area contributed by atoms with Crippen LogP contribution in [0.25, 0.3) is 0 Å². The van der Waals surface area contributed by atoms with E-state index in [1.54, 1.807) is 6.26 Å². The minimum atomic E-state index is 0.165. The fourth-order valence-corrected chi connectivity index (χ4v) is 2.05. The summed E-state index contributed by atoms with van der Waals surface area (Å²) in [5.41, 5.74) is 2.08. The summed E-state index contributed by atoms with van der Waals surface area (Å²) >= 11 is 5.91. The molecule has 1 aromatic carbocycles. The van der Waals surface area contributed by atoms with Crippen LogP contribution in [0.15, 0.2) is 34.9 Å².